The first kappa shape index (κ1) is 21.0. The van der Waals surface area contributed by atoms with Crippen LogP contribution in [0, 0.1) is 0 Å². The minimum absolute atomic E-state index is 0.371. The Morgan fingerprint density at radius 3 is 2.77 bits per heavy atom. The lowest BCUT2D eigenvalue weighted by Crippen LogP contribution is -2.50. The molecule has 8 nitrogen and oxygen atoms in total. The second kappa shape index (κ2) is 8.85. The molecule has 162 valence electrons. The average molecular weight is 417 g/mol. The molecular weight excluding hydrogens is 390 g/mol. The highest BCUT2D eigenvalue weighted by Crippen LogP contribution is 2.39. The van der Waals surface area contributed by atoms with Crippen LogP contribution in [0.4, 0.5) is 0 Å². The lowest BCUT2D eigenvalue weighted by atomic mass is 10.0. The maximum absolute atomic E-state index is 11.4. The Balaban J connectivity index is 1.57. The lowest BCUT2D eigenvalue weighted by molar-refractivity contribution is -0.201. The molecule has 30 heavy (non-hydrogen) atoms. The Kier molecular flexibility index (Phi) is 6.19. The Labute approximate surface area is 174 Å². The number of benzene rings is 1. The van der Waals surface area contributed by atoms with E-state index >= 15 is 0 Å². The van der Waals surface area contributed by atoms with Gasteiger partial charge in [0.05, 0.1) is 17.3 Å². The van der Waals surface area contributed by atoms with Gasteiger partial charge in [-0.05, 0) is 18.6 Å². The monoisotopic (exact) mass is 417 g/mol. The van der Waals surface area contributed by atoms with Gasteiger partial charge in [0.25, 0.3) is 0 Å². The predicted molar refractivity (Wildman–Crippen MR) is 107 cm³/mol. The molecule has 8 heteroatoms. The van der Waals surface area contributed by atoms with Gasteiger partial charge >= 0.3 is 5.97 Å². The third-order valence-electron chi connectivity index (χ3n) is 5.61. The highest BCUT2D eigenvalue weighted by Gasteiger charge is 2.60. The number of rotatable bonds is 9. The van der Waals surface area contributed by atoms with Crippen LogP contribution < -0.4 is 4.74 Å². The fourth-order valence-electron chi connectivity index (χ4n) is 3.88. The molecule has 1 aromatic heterocycles. The number of aliphatic hydroxyl groups excluding tert-OH is 2. The highest BCUT2D eigenvalue weighted by molar-refractivity contribution is 5.85. The molecule has 0 amide bonds. The largest absolute Gasteiger partial charge is 0.479 e. The molecule has 0 bridgehead atoms. The summed E-state index contributed by atoms with van der Waals surface area (Å²) in [6.07, 6.45) is -0.756. The molecular formula is C22H27NO7. The van der Waals surface area contributed by atoms with Crippen LogP contribution in [0.5, 0.6) is 5.75 Å². The number of carboxylic acid groups (broad SMARTS) is 1. The van der Waals surface area contributed by atoms with Crippen molar-refractivity contribution in [3.63, 3.8) is 0 Å². The number of hydrogen-bond donors (Lipinski definition) is 3. The topological polar surface area (TPSA) is 122 Å². The van der Waals surface area contributed by atoms with E-state index in [9.17, 15) is 20.1 Å². The number of hydrogen-bond acceptors (Lipinski definition) is 7. The van der Waals surface area contributed by atoms with Crippen molar-refractivity contribution in [2.45, 2.75) is 75.8 Å². The maximum Gasteiger partial charge on any atom is 0.335 e. The van der Waals surface area contributed by atoms with Crippen LogP contribution in [0.3, 0.4) is 0 Å². The zero-order valence-corrected chi connectivity index (χ0v) is 16.8. The van der Waals surface area contributed by atoms with Gasteiger partial charge in [0.2, 0.25) is 6.29 Å². The quantitative estimate of drug-likeness (QED) is 0.420. The van der Waals surface area contributed by atoms with E-state index in [0.29, 0.717) is 28.8 Å². The summed E-state index contributed by atoms with van der Waals surface area (Å²) in [7, 11) is 0. The number of para-hydroxylation sites is 1. The van der Waals surface area contributed by atoms with Crippen molar-refractivity contribution in [3.05, 3.63) is 36.0 Å². The number of nitrogens with zero attached hydrogens (tertiary/aromatic N) is 1. The number of carboxylic acids is 1. The maximum atomic E-state index is 11.4. The molecule has 2 saturated heterocycles. The van der Waals surface area contributed by atoms with Crippen molar-refractivity contribution in [3.8, 4) is 5.75 Å². The van der Waals surface area contributed by atoms with Crippen molar-refractivity contribution in [2.24, 2.45) is 0 Å². The molecule has 0 radical (unpaired) electrons. The standard InChI is InChI=1S/C22H27NO7/c1-2-3-4-5-10-15(24)14-11-16(12-8-6-7-9-13(12)23-14)28-22-17(25)18-19(29-18)20(30-22)21(26)27/h6-9,11,15,17-20,22,24-25H,2-5,10H2,1H3,(H,26,27)/t15?,17?,18-,19+,20?,22+/m0/s1. The SMILES string of the molecule is CCCCCCC(O)c1cc(O[C@@H]2OC(C(=O)O)[C@@H]3O[C@H]3C2O)c2ccccc2n1. The fraction of sp³-hybridized carbons (Fsp3) is 0.545. The minimum atomic E-state index is -1.20. The molecule has 6 atom stereocenters. The number of unbranched alkanes of at least 4 members (excludes halogenated alkanes) is 3. The molecule has 2 fully saturated rings. The molecule has 0 saturated carbocycles. The van der Waals surface area contributed by atoms with Crippen molar-refractivity contribution in [2.75, 3.05) is 0 Å². The summed E-state index contributed by atoms with van der Waals surface area (Å²) < 4.78 is 16.7. The summed E-state index contributed by atoms with van der Waals surface area (Å²) in [6, 6.07) is 8.93. The number of aliphatic hydroxyl groups is 2. The highest BCUT2D eigenvalue weighted by atomic mass is 16.7. The minimum Gasteiger partial charge on any atom is -0.479 e. The first-order chi connectivity index (χ1) is 14.5. The van der Waals surface area contributed by atoms with Crippen LogP contribution in [-0.2, 0) is 14.3 Å². The Morgan fingerprint density at radius 1 is 1.20 bits per heavy atom. The van der Waals surface area contributed by atoms with E-state index in [1.165, 1.54) is 0 Å². The number of epoxide rings is 1. The zero-order chi connectivity index (χ0) is 21.3. The van der Waals surface area contributed by atoms with E-state index in [1.54, 1.807) is 6.07 Å². The van der Waals surface area contributed by atoms with Gasteiger partial charge in [-0.1, -0.05) is 44.7 Å². The van der Waals surface area contributed by atoms with Crippen LogP contribution in [0.1, 0.15) is 50.8 Å². The van der Waals surface area contributed by atoms with Crippen LogP contribution in [0.25, 0.3) is 10.9 Å². The first-order valence-electron chi connectivity index (χ1n) is 10.5. The Hall–Kier alpha value is -2.26. The van der Waals surface area contributed by atoms with Gasteiger partial charge in [-0.2, -0.15) is 0 Å². The number of ether oxygens (including phenoxy) is 3. The predicted octanol–water partition coefficient (Wildman–Crippen LogP) is 2.56. The number of pyridine rings is 1. The molecule has 0 aliphatic carbocycles. The van der Waals surface area contributed by atoms with E-state index in [2.05, 4.69) is 11.9 Å². The van der Waals surface area contributed by atoms with Crippen LogP contribution >= 0.6 is 0 Å². The van der Waals surface area contributed by atoms with Gasteiger partial charge in [0.1, 0.15) is 24.1 Å². The molecule has 2 aliphatic rings. The third-order valence-corrected chi connectivity index (χ3v) is 5.61. The van der Waals surface area contributed by atoms with Crippen LogP contribution in [-0.4, -0.2) is 57.0 Å². The summed E-state index contributed by atoms with van der Waals surface area (Å²) in [5.41, 5.74) is 1.11. The Bertz CT molecular complexity index is 904. The van der Waals surface area contributed by atoms with Crippen molar-refractivity contribution in [1.29, 1.82) is 0 Å². The molecule has 4 rings (SSSR count). The van der Waals surface area contributed by atoms with Gasteiger partial charge in [0.15, 0.2) is 6.10 Å². The number of fused-ring (bicyclic) bond motifs is 2. The molecule has 3 N–H and O–H groups in total. The average Bonchev–Trinajstić information content (AvgIpc) is 3.54. The normalized spacial score (nSPS) is 28.7. The fourth-order valence-corrected chi connectivity index (χ4v) is 3.88. The lowest BCUT2D eigenvalue weighted by Gasteiger charge is -2.29. The second-order valence-corrected chi connectivity index (χ2v) is 7.86. The van der Waals surface area contributed by atoms with Gasteiger partial charge in [-0.25, -0.2) is 9.78 Å². The summed E-state index contributed by atoms with van der Waals surface area (Å²) in [5, 5.41) is 31.1. The summed E-state index contributed by atoms with van der Waals surface area (Å²) in [5.74, 6) is -0.790. The van der Waals surface area contributed by atoms with E-state index in [-0.39, 0.29) is 0 Å². The molecule has 2 aromatic rings. The van der Waals surface area contributed by atoms with Crippen LogP contribution in [0.2, 0.25) is 0 Å². The van der Waals surface area contributed by atoms with E-state index in [1.807, 2.05) is 24.3 Å². The third kappa shape index (κ3) is 4.27. The summed E-state index contributed by atoms with van der Waals surface area (Å²) in [4.78, 5) is 16.0. The molecule has 3 heterocycles. The van der Waals surface area contributed by atoms with Crippen molar-refractivity contribution in [1.82, 2.24) is 4.98 Å². The molecule has 0 spiro atoms. The smallest absolute Gasteiger partial charge is 0.335 e. The van der Waals surface area contributed by atoms with E-state index in [0.717, 1.165) is 25.7 Å². The van der Waals surface area contributed by atoms with Gasteiger partial charge < -0.3 is 29.5 Å². The zero-order valence-electron chi connectivity index (χ0n) is 16.8. The summed E-state index contributed by atoms with van der Waals surface area (Å²) in [6.45, 7) is 2.14. The van der Waals surface area contributed by atoms with Crippen LogP contribution in [0.15, 0.2) is 30.3 Å². The summed E-state index contributed by atoms with van der Waals surface area (Å²) >= 11 is 0. The van der Waals surface area contributed by atoms with E-state index < -0.39 is 42.8 Å². The second-order valence-electron chi connectivity index (χ2n) is 7.86. The number of carbonyl (C=O) groups is 1. The number of aromatic nitrogens is 1. The Morgan fingerprint density at radius 2 is 2.00 bits per heavy atom. The molecule has 2 aliphatic heterocycles. The van der Waals surface area contributed by atoms with Gasteiger partial charge in [0, 0.05) is 11.5 Å². The van der Waals surface area contributed by atoms with Crippen molar-refractivity contribution < 1.29 is 34.3 Å². The molecule has 3 unspecified atom stereocenters. The number of aliphatic carboxylic acids is 1. The van der Waals surface area contributed by atoms with E-state index in [4.69, 9.17) is 14.2 Å². The first-order valence-corrected chi connectivity index (χ1v) is 10.5. The van der Waals surface area contributed by atoms with Gasteiger partial charge in [-0.15, -0.1) is 0 Å². The van der Waals surface area contributed by atoms with Crippen molar-refractivity contribution >= 4 is 16.9 Å². The molecule has 1 aromatic carbocycles. The van der Waals surface area contributed by atoms with Gasteiger partial charge in [-0.3, -0.25) is 0 Å².